The van der Waals surface area contributed by atoms with Crippen LogP contribution in [0.1, 0.15) is 36.1 Å². The zero-order chi connectivity index (χ0) is 31.3. The van der Waals surface area contributed by atoms with Crippen molar-refractivity contribution in [3.05, 3.63) is 46.5 Å². The maximum Gasteiger partial charge on any atom is 0.385 e. The number of nitrogens with two attached hydrogens (primary N) is 2. The summed E-state index contributed by atoms with van der Waals surface area (Å²) in [4.78, 5) is 0. The molecule has 0 aromatic heterocycles. The molecule has 4 N–H and O–H groups in total. The van der Waals surface area contributed by atoms with Crippen molar-refractivity contribution in [1.82, 2.24) is 0 Å². The second-order valence-electron chi connectivity index (χ2n) is 8.66. The van der Waals surface area contributed by atoms with Crippen LogP contribution in [0.4, 0.5) is 64.1 Å². The Bertz CT molecular complexity index is 1100. The molecular formula is C24H24F12N2O2. The molecule has 0 aliphatic carbocycles. The number of nitrogen functional groups attached to an aromatic ring is 2. The summed E-state index contributed by atoms with van der Waals surface area (Å²) in [5.41, 5.74) is 5.47. The van der Waals surface area contributed by atoms with Gasteiger partial charge in [-0.25, -0.2) is 0 Å². The van der Waals surface area contributed by atoms with Gasteiger partial charge in [0.15, 0.2) is 0 Å². The van der Waals surface area contributed by atoms with E-state index in [0.29, 0.717) is 0 Å². The molecular weight excluding hydrogens is 576 g/mol. The zero-order valence-electron chi connectivity index (χ0n) is 21.2. The lowest BCUT2D eigenvalue weighted by Gasteiger charge is -2.41. The zero-order valence-corrected chi connectivity index (χ0v) is 21.2. The normalized spacial score (nSPS) is 13.9. The maximum absolute atomic E-state index is 14.9. The predicted octanol–water partition coefficient (Wildman–Crippen LogP) is 7.42. The molecule has 2 aromatic rings. The van der Waals surface area contributed by atoms with Crippen LogP contribution in [0.15, 0.2) is 24.3 Å². The summed E-state index contributed by atoms with van der Waals surface area (Å²) in [6.07, 6.45) is -0.529. The Morgan fingerprint density at radius 2 is 0.800 bits per heavy atom. The van der Waals surface area contributed by atoms with E-state index < -0.39 is 58.2 Å². The SMILES string of the molecule is CCc1cc(C(F)(F)C(F)(F)C(F)(F)C(F)(F)C(F)(F)C(F)(F)c2cc(CC)c(N)c(OC)c2)cc(OC)c1N. The van der Waals surface area contributed by atoms with E-state index in [2.05, 4.69) is 9.47 Å². The van der Waals surface area contributed by atoms with E-state index in [1.165, 1.54) is 13.8 Å². The van der Waals surface area contributed by atoms with Gasteiger partial charge < -0.3 is 20.9 Å². The van der Waals surface area contributed by atoms with Gasteiger partial charge in [0.05, 0.1) is 25.6 Å². The number of ether oxygens (including phenoxy) is 2. The third-order valence-corrected chi connectivity index (χ3v) is 6.35. The topological polar surface area (TPSA) is 70.5 Å². The Hall–Kier alpha value is -3.20. The van der Waals surface area contributed by atoms with Gasteiger partial charge in [0, 0.05) is 11.1 Å². The second kappa shape index (κ2) is 10.3. The van der Waals surface area contributed by atoms with Crippen LogP contribution in [-0.2, 0) is 24.7 Å². The quantitative estimate of drug-likeness (QED) is 0.208. The van der Waals surface area contributed by atoms with E-state index in [1.54, 1.807) is 0 Å². The molecule has 2 aromatic carbocycles. The number of anilines is 2. The van der Waals surface area contributed by atoms with Crippen LogP contribution in [-0.4, -0.2) is 37.9 Å². The van der Waals surface area contributed by atoms with Crippen molar-refractivity contribution in [2.24, 2.45) is 0 Å². The lowest BCUT2D eigenvalue weighted by molar-refractivity contribution is -0.429. The summed E-state index contributed by atoms with van der Waals surface area (Å²) >= 11 is 0. The van der Waals surface area contributed by atoms with Crippen molar-refractivity contribution < 1.29 is 62.2 Å². The first kappa shape index (κ1) is 33.0. The van der Waals surface area contributed by atoms with Crippen molar-refractivity contribution in [1.29, 1.82) is 0 Å². The highest BCUT2D eigenvalue weighted by atomic mass is 19.4. The van der Waals surface area contributed by atoms with Crippen LogP contribution < -0.4 is 20.9 Å². The lowest BCUT2D eigenvalue weighted by Crippen LogP contribution is -2.69. The van der Waals surface area contributed by atoms with Crippen molar-refractivity contribution in [3.63, 3.8) is 0 Å². The van der Waals surface area contributed by atoms with Crippen LogP contribution in [0.3, 0.4) is 0 Å². The lowest BCUT2D eigenvalue weighted by atomic mass is 9.86. The highest BCUT2D eigenvalue weighted by molar-refractivity contribution is 5.62. The molecule has 2 rings (SSSR count). The van der Waals surface area contributed by atoms with Crippen molar-refractivity contribution in [2.75, 3.05) is 25.7 Å². The molecule has 0 bridgehead atoms. The van der Waals surface area contributed by atoms with Crippen LogP contribution >= 0.6 is 0 Å². The van der Waals surface area contributed by atoms with Crippen molar-refractivity contribution in [3.8, 4) is 11.5 Å². The molecule has 0 spiro atoms. The van der Waals surface area contributed by atoms with Gasteiger partial charge in [0.2, 0.25) is 0 Å². The number of methoxy groups -OCH3 is 2. The Kier molecular flexibility index (Phi) is 8.52. The number of benzene rings is 2. The van der Waals surface area contributed by atoms with Gasteiger partial charge in [-0.3, -0.25) is 0 Å². The molecule has 0 radical (unpaired) electrons. The minimum absolute atomic E-state index is 0.0102. The number of halogens is 12. The third-order valence-electron chi connectivity index (χ3n) is 6.35. The van der Waals surface area contributed by atoms with Gasteiger partial charge in [0.1, 0.15) is 11.5 Å². The van der Waals surface area contributed by atoms with E-state index in [-0.39, 0.29) is 59.6 Å². The number of alkyl halides is 12. The summed E-state index contributed by atoms with van der Waals surface area (Å²) in [5, 5.41) is 0. The van der Waals surface area contributed by atoms with Crippen LogP contribution in [0, 0.1) is 0 Å². The van der Waals surface area contributed by atoms with Gasteiger partial charge in [-0.2, -0.15) is 52.7 Å². The minimum Gasteiger partial charge on any atom is -0.495 e. The molecule has 4 nitrogen and oxygen atoms in total. The molecule has 0 heterocycles. The Labute approximate surface area is 220 Å². The first-order valence-corrected chi connectivity index (χ1v) is 11.3. The molecule has 0 amide bonds. The van der Waals surface area contributed by atoms with E-state index in [9.17, 15) is 52.7 Å². The van der Waals surface area contributed by atoms with Gasteiger partial charge >= 0.3 is 35.5 Å². The molecule has 0 atom stereocenters. The largest absolute Gasteiger partial charge is 0.495 e. The maximum atomic E-state index is 14.9. The highest BCUT2D eigenvalue weighted by Crippen LogP contribution is 2.63. The molecule has 16 heteroatoms. The fraction of sp³-hybridized carbons (Fsp3) is 0.500. The Balaban J connectivity index is 2.74. The standard InChI is InChI=1S/C24H24F12N2O2/c1-5-11-7-13(9-15(39-3)17(11)37)19(25,26)21(29,30)23(33,34)24(35,36)22(31,32)20(27,28)14-8-12(6-2)18(38)16(10-14)40-4/h7-10H,5-6,37-38H2,1-4H3. The van der Waals surface area contributed by atoms with E-state index >= 15 is 0 Å². The highest BCUT2D eigenvalue weighted by Gasteiger charge is 2.90. The monoisotopic (exact) mass is 600 g/mol. The van der Waals surface area contributed by atoms with E-state index in [4.69, 9.17) is 11.5 Å². The first-order chi connectivity index (χ1) is 18.0. The summed E-state index contributed by atoms with van der Waals surface area (Å²) in [7, 11) is 1.65. The van der Waals surface area contributed by atoms with Gasteiger partial charge in [-0.15, -0.1) is 0 Å². The third kappa shape index (κ3) is 4.52. The van der Waals surface area contributed by atoms with Gasteiger partial charge in [-0.1, -0.05) is 13.8 Å². The summed E-state index contributed by atoms with van der Waals surface area (Å²) in [6.45, 7) is 2.54. The molecule has 0 saturated heterocycles. The fourth-order valence-electron chi connectivity index (χ4n) is 3.81. The average molecular weight is 600 g/mol. The number of hydrogen-bond acceptors (Lipinski definition) is 4. The van der Waals surface area contributed by atoms with Crippen molar-refractivity contribution in [2.45, 2.75) is 62.2 Å². The minimum atomic E-state index is -7.76. The fourth-order valence-corrected chi connectivity index (χ4v) is 3.81. The summed E-state index contributed by atoms with van der Waals surface area (Å²) < 4.78 is 186. The molecule has 0 fully saturated rings. The number of rotatable bonds is 11. The predicted molar refractivity (Wildman–Crippen MR) is 121 cm³/mol. The van der Waals surface area contributed by atoms with Gasteiger partial charge in [0.25, 0.3) is 0 Å². The Morgan fingerprint density at radius 1 is 0.525 bits per heavy atom. The smallest absolute Gasteiger partial charge is 0.385 e. The second-order valence-corrected chi connectivity index (χ2v) is 8.66. The number of aryl methyl sites for hydroxylation is 2. The molecule has 0 unspecified atom stereocenters. The summed E-state index contributed by atoms with van der Waals surface area (Å²) in [6, 6.07) is 0.325. The first-order valence-electron chi connectivity index (χ1n) is 11.3. The molecule has 0 saturated carbocycles. The van der Waals surface area contributed by atoms with Crippen LogP contribution in [0.2, 0.25) is 0 Å². The molecule has 40 heavy (non-hydrogen) atoms. The van der Waals surface area contributed by atoms with E-state index in [0.717, 1.165) is 14.2 Å². The van der Waals surface area contributed by atoms with Crippen molar-refractivity contribution >= 4 is 11.4 Å². The molecule has 0 aliphatic heterocycles. The molecule has 226 valence electrons. The molecule has 0 aliphatic rings. The summed E-state index contributed by atoms with van der Waals surface area (Å²) in [5.74, 6) is -44.4. The van der Waals surface area contributed by atoms with Crippen LogP contribution in [0.25, 0.3) is 0 Å². The van der Waals surface area contributed by atoms with Crippen LogP contribution in [0.5, 0.6) is 11.5 Å². The number of hydrogen-bond donors (Lipinski definition) is 2. The van der Waals surface area contributed by atoms with Gasteiger partial charge in [-0.05, 0) is 48.2 Å². The Morgan fingerprint density at radius 3 is 1.02 bits per heavy atom. The average Bonchev–Trinajstić information content (AvgIpc) is 2.87. The van der Waals surface area contributed by atoms with E-state index in [1.807, 2.05) is 0 Å².